The fourth-order valence-corrected chi connectivity index (χ4v) is 1.64. The summed E-state index contributed by atoms with van der Waals surface area (Å²) in [6, 6.07) is 5.77. The molecule has 1 N–H and O–H groups in total. The molecule has 0 aliphatic heterocycles. The van der Waals surface area contributed by atoms with Gasteiger partial charge in [0.15, 0.2) is 11.5 Å². The molecule has 1 aromatic carbocycles. The first-order chi connectivity index (χ1) is 8.36. The van der Waals surface area contributed by atoms with Gasteiger partial charge in [0, 0.05) is 18.9 Å². The van der Waals surface area contributed by atoms with Crippen molar-refractivity contribution in [3.63, 3.8) is 0 Å². The van der Waals surface area contributed by atoms with Crippen LogP contribution in [0.25, 0.3) is 11.1 Å². The molecule has 0 aliphatic carbocycles. The highest BCUT2D eigenvalue weighted by atomic mass is 16.3. The normalized spacial score (nSPS) is 11.8. The second-order valence-corrected chi connectivity index (χ2v) is 5.47. The van der Waals surface area contributed by atoms with E-state index in [1.165, 1.54) is 0 Å². The molecule has 0 radical (unpaired) electrons. The van der Waals surface area contributed by atoms with Gasteiger partial charge in [-0.2, -0.15) is 0 Å². The summed E-state index contributed by atoms with van der Waals surface area (Å²) in [6.45, 7) is 8.01. The maximum Gasteiger partial charge on any atom is 0.225 e. The van der Waals surface area contributed by atoms with Gasteiger partial charge in [0.25, 0.3) is 0 Å². The van der Waals surface area contributed by atoms with E-state index in [1.807, 2.05) is 45.9 Å². The highest BCUT2D eigenvalue weighted by Gasteiger charge is 2.20. The first kappa shape index (κ1) is 12.6. The molecule has 0 aliphatic rings. The van der Waals surface area contributed by atoms with Crippen LogP contribution in [0, 0.1) is 12.3 Å². The number of rotatable bonds is 2. The number of benzene rings is 1. The van der Waals surface area contributed by atoms with Gasteiger partial charge in [0.1, 0.15) is 5.52 Å². The van der Waals surface area contributed by atoms with Gasteiger partial charge < -0.3 is 9.73 Å². The van der Waals surface area contributed by atoms with Gasteiger partial charge in [0.2, 0.25) is 5.91 Å². The van der Waals surface area contributed by atoms with Crippen LogP contribution in [-0.2, 0) is 11.3 Å². The van der Waals surface area contributed by atoms with Crippen molar-refractivity contribution >= 4 is 17.0 Å². The number of amides is 1. The minimum Gasteiger partial charge on any atom is -0.441 e. The summed E-state index contributed by atoms with van der Waals surface area (Å²) in [5.74, 6) is 0.692. The molecule has 2 aromatic rings. The summed E-state index contributed by atoms with van der Waals surface area (Å²) < 4.78 is 5.46. The number of fused-ring (bicyclic) bond motifs is 1. The standard InChI is InChI=1S/C14H18N2O2/c1-9-16-11-6-5-10(7-12(11)18-9)8-15-13(17)14(2,3)4/h5-7H,8H2,1-4H3,(H,15,17). The third-order valence-electron chi connectivity index (χ3n) is 2.69. The Morgan fingerprint density at radius 1 is 1.39 bits per heavy atom. The van der Waals surface area contributed by atoms with Crippen molar-refractivity contribution in [2.75, 3.05) is 0 Å². The van der Waals surface area contributed by atoms with Crippen LogP contribution in [0.15, 0.2) is 22.6 Å². The summed E-state index contributed by atoms with van der Waals surface area (Å²) in [4.78, 5) is 16.0. The van der Waals surface area contributed by atoms with Crippen LogP contribution in [0.2, 0.25) is 0 Å². The Balaban J connectivity index is 2.10. The van der Waals surface area contributed by atoms with E-state index in [1.54, 1.807) is 0 Å². The fourth-order valence-electron chi connectivity index (χ4n) is 1.64. The number of nitrogens with zero attached hydrogens (tertiary/aromatic N) is 1. The van der Waals surface area contributed by atoms with Crippen molar-refractivity contribution < 1.29 is 9.21 Å². The summed E-state index contributed by atoms with van der Waals surface area (Å²) in [5, 5.41) is 2.91. The molecule has 2 rings (SSSR count). The number of aromatic nitrogens is 1. The number of hydrogen-bond acceptors (Lipinski definition) is 3. The largest absolute Gasteiger partial charge is 0.441 e. The average molecular weight is 246 g/mol. The maximum absolute atomic E-state index is 11.8. The molecule has 1 amide bonds. The quantitative estimate of drug-likeness (QED) is 0.886. The molecular weight excluding hydrogens is 228 g/mol. The van der Waals surface area contributed by atoms with E-state index in [4.69, 9.17) is 4.42 Å². The van der Waals surface area contributed by atoms with Crippen LogP contribution in [0.3, 0.4) is 0 Å². The minimum absolute atomic E-state index is 0.0383. The van der Waals surface area contributed by atoms with E-state index in [0.717, 1.165) is 16.7 Å². The van der Waals surface area contributed by atoms with Crippen LogP contribution in [0.1, 0.15) is 32.2 Å². The second kappa shape index (κ2) is 4.44. The zero-order valence-electron chi connectivity index (χ0n) is 11.2. The van der Waals surface area contributed by atoms with Crippen LogP contribution in [0.4, 0.5) is 0 Å². The van der Waals surface area contributed by atoms with E-state index in [9.17, 15) is 4.79 Å². The molecule has 96 valence electrons. The Morgan fingerprint density at radius 3 is 2.78 bits per heavy atom. The zero-order chi connectivity index (χ0) is 13.3. The van der Waals surface area contributed by atoms with E-state index in [0.29, 0.717) is 12.4 Å². The predicted molar refractivity (Wildman–Crippen MR) is 70.0 cm³/mol. The Bertz CT molecular complexity index is 579. The molecular formula is C14H18N2O2. The Kier molecular flexibility index (Phi) is 3.11. The molecule has 0 spiro atoms. The Hall–Kier alpha value is -1.84. The van der Waals surface area contributed by atoms with E-state index >= 15 is 0 Å². The molecule has 0 saturated heterocycles. The van der Waals surface area contributed by atoms with Gasteiger partial charge in [-0.15, -0.1) is 0 Å². The second-order valence-electron chi connectivity index (χ2n) is 5.47. The monoisotopic (exact) mass is 246 g/mol. The average Bonchev–Trinajstić information content (AvgIpc) is 2.63. The van der Waals surface area contributed by atoms with Gasteiger partial charge in [-0.1, -0.05) is 26.8 Å². The minimum atomic E-state index is -0.368. The van der Waals surface area contributed by atoms with Crippen molar-refractivity contribution in [2.24, 2.45) is 5.41 Å². The number of oxazole rings is 1. The van der Waals surface area contributed by atoms with Gasteiger partial charge in [-0.05, 0) is 17.7 Å². The van der Waals surface area contributed by atoms with Gasteiger partial charge in [-0.25, -0.2) is 4.98 Å². The molecule has 18 heavy (non-hydrogen) atoms. The van der Waals surface area contributed by atoms with Crippen molar-refractivity contribution in [3.8, 4) is 0 Å². The third kappa shape index (κ3) is 2.70. The van der Waals surface area contributed by atoms with Gasteiger partial charge in [-0.3, -0.25) is 4.79 Å². The lowest BCUT2D eigenvalue weighted by molar-refractivity contribution is -0.128. The highest BCUT2D eigenvalue weighted by molar-refractivity contribution is 5.81. The molecule has 0 atom stereocenters. The first-order valence-corrected chi connectivity index (χ1v) is 6.00. The lowest BCUT2D eigenvalue weighted by atomic mass is 9.95. The van der Waals surface area contributed by atoms with Crippen LogP contribution in [-0.4, -0.2) is 10.9 Å². The summed E-state index contributed by atoms with van der Waals surface area (Å²) >= 11 is 0. The molecule has 4 nitrogen and oxygen atoms in total. The van der Waals surface area contributed by atoms with Crippen molar-refractivity contribution in [2.45, 2.75) is 34.2 Å². The van der Waals surface area contributed by atoms with Crippen LogP contribution >= 0.6 is 0 Å². The Labute approximate surface area is 106 Å². The van der Waals surface area contributed by atoms with Crippen LogP contribution in [0.5, 0.6) is 0 Å². The van der Waals surface area contributed by atoms with E-state index in [2.05, 4.69) is 10.3 Å². The third-order valence-corrected chi connectivity index (χ3v) is 2.69. The highest BCUT2D eigenvalue weighted by Crippen LogP contribution is 2.17. The summed E-state index contributed by atoms with van der Waals surface area (Å²) in [6.07, 6.45) is 0. The van der Waals surface area contributed by atoms with Crippen molar-refractivity contribution in [3.05, 3.63) is 29.7 Å². The number of carbonyl (C=O) groups excluding carboxylic acids is 1. The fraction of sp³-hybridized carbons (Fsp3) is 0.429. The molecule has 0 fully saturated rings. The lowest BCUT2D eigenvalue weighted by Crippen LogP contribution is -2.34. The van der Waals surface area contributed by atoms with Crippen molar-refractivity contribution in [1.29, 1.82) is 0 Å². The summed E-state index contributed by atoms with van der Waals surface area (Å²) in [7, 11) is 0. The number of carbonyl (C=O) groups is 1. The SMILES string of the molecule is Cc1nc2ccc(CNC(=O)C(C)(C)C)cc2o1. The van der Waals surface area contributed by atoms with E-state index < -0.39 is 0 Å². The topological polar surface area (TPSA) is 55.1 Å². The van der Waals surface area contributed by atoms with Gasteiger partial charge in [0.05, 0.1) is 0 Å². The summed E-state index contributed by atoms with van der Waals surface area (Å²) in [5.41, 5.74) is 2.25. The molecule has 4 heteroatoms. The molecule has 0 bridgehead atoms. The maximum atomic E-state index is 11.8. The molecule has 0 saturated carbocycles. The number of nitrogens with one attached hydrogen (secondary N) is 1. The molecule has 1 aromatic heterocycles. The number of aryl methyl sites for hydroxylation is 1. The Morgan fingerprint density at radius 2 is 2.11 bits per heavy atom. The number of hydrogen-bond donors (Lipinski definition) is 1. The van der Waals surface area contributed by atoms with Crippen LogP contribution < -0.4 is 5.32 Å². The predicted octanol–water partition coefficient (Wildman–Crippen LogP) is 2.80. The first-order valence-electron chi connectivity index (χ1n) is 6.00. The van der Waals surface area contributed by atoms with E-state index in [-0.39, 0.29) is 11.3 Å². The molecule has 1 heterocycles. The van der Waals surface area contributed by atoms with Crippen molar-refractivity contribution in [1.82, 2.24) is 10.3 Å². The van der Waals surface area contributed by atoms with Gasteiger partial charge >= 0.3 is 0 Å². The molecule has 0 unspecified atom stereocenters. The lowest BCUT2D eigenvalue weighted by Gasteiger charge is -2.17. The zero-order valence-corrected chi connectivity index (χ0v) is 11.2. The smallest absolute Gasteiger partial charge is 0.225 e.